The first-order valence-electron chi connectivity index (χ1n) is 5.82. The van der Waals surface area contributed by atoms with Crippen LogP contribution in [-0.2, 0) is 0 Å². The maximum Gasteiger partial charge on any atom is 0.194 e. The summed E-state index contributed by atoms with van der Waals surface area (Å²) in [5.74, 6) is -0.224. The molecule has 0 aliphatic heterocycles. The van der Waals surface area contributed by atoms with Crippen LogP contribution in [0.3, 0.4) is 0 Å². The fourth-order valence-corrected chi connectivity index (χ4v) is 2.59. The lowest BCUT2D eigenvalue weighted by Crippen LogP contribution is -2.15. The van der Waals surface area contributed by atoms with Gasteiger partial charge in [-0.2, -0.15) is 0 Å². The quantitative estimate of drug-likeness (QED) is 0.800. The molecule has 2 aromatic carbocycles. The molecule has 3 heteroatoms. The van der Waals surface area contributed by atoms with E-state index in [1.807, 2.05) is 24.3 Å². The van der Waals surface area contributed by atoms with Gasteiger partial charge in [-0.25, -0.2) is 0 Å². The van der Waals surface area contributed by atoms with Crippen molar-refractivity contribution in [2.75, 3.05) is 0 Å². The van der Waals surface area contributed by atoms with E-state index in [4.69, 9.17) is 0 Å². The molecule has 0 aromatic heterocycles. The minimum Gasteiger partial charge on any atom is -0.289 e. The number of halogens is 1. The van der Waals surface area contributed by atoms with Crippen molar-refractivity contribution in [3.63, 3.8) is 0 Å². The molecular weight excluding hydrogens is 304 g/mol. The van der Waals surface area contributed by atoms with E-state index >= 15 is 0 Å². The van der Waals surface area contributed by atoms with Crippen molar-refractivity contribution in [2.24, 2.45) is 0 Å². The van der Waals surface area contributed by atoms with Crippen LogP contribution >= 0.6 is 15.9 Å². The number of hydrogen-bond donors (Lipinski definition) is 0. The number of allylic oxidation sites excluding steroid dienone is 2. The van der Waals surface area contributed by atoms with Crippen LogP contribution in [0, 0.1) is 0 Å². The van der Waals surface area contributed by atoms with Gasteiger partial charge in [0, 0.05) is 21.2 Å². The Morgan fingerprint density at radius 3 is 2.32 bits per heavy atom. The van der Waals surface area contributed by atoms with E-state index < -0.39 is 0 Å². The summed E-state index contributed by atoms with van der Waals surface area (Å²) in [6, 6.07) is 14.3. The number of Topliss-reactive ketones (excluding diaryl/α,β-unsaturated/α-hetero) is 1. The monoisotopic (exact) mass is 312 g/mol. The van der Waals surface area contributed by atoms with Gasteiger partial charge in [-0.05, 0) is 23.8 Å². The Kier molecular flexibility index (Phi) is 2.91. The fourth-order valence-electron chi connectivity index (χ4n) is 2.19. The normalized spacial score (nSPS) is 14.1. The fraction of sp³-hybridized carbons (Fsp3) is 0. The number of benzene rings is 2. The maximum atomic E-state index is 12.4. The van der Waals surface area contributed by atoms with E-state index in [2.05, 4.69) is 15.9 Å². The van der Waals surface area contributed by atoms with E-state index in [-0.39, 0.29) is 11.6 Å². The number of ketones is 2. The van der Waals surface area contributed by atoms with Crippen molar-refractivity contribution in [1.82, 2.24) is 0 Å². The Balaban J connectivity index is 2.16. The van der Waals surface area contributed by atoms with Crippen LogP contribution in [0.2, 0.25) is 0 Å². The molecule has 0 heterocycles. The number of carbonyl (C=O) groups is 2. The molecule has 0 bridgehead atoms. The van der Waals surface area contributed by atoms with Crippen molar-refractivity contribution in [1.29, 1.82) is 0 Å². The van der Waals surface area contributed by atoms with Crippen LogP contribution in [0.1, 0.15) is 26.3 Å². The van der Waals surface area contributed by atoms with Gasteiger partial charge in [-0.1, -0.05) is 52.3 Å². The Bertz CT molecular complexity index is 729. The zero-order valence-electron chi connectivity index (χ0n) is 9.89. The topological polar surface area (TPSA) is 34.1 Å². The summed E-state index contributed by atoms with van der Waals surface area (Å²) < 4.78 is 0.880. The summed E-state index contributed by atoms with van der Waals surface area (Å²) in [6.07, 6.45) is 1.42. The highest BCUT2D eigenvalue weighted by Crippen LogP contribution is 2.28. The molecule has 2 nitrogen and oxygen atoms in total. The summed E-state index contributed by atoms with van der Waals surface area (Å²) in [4.78, 5) is 24.5. The second-order valence-electron chi connectivity index (χ2n) is 4.31. The lowest BCUT2D eigenvalue weighted by molar-refractivity contribution is 0.100. The SMILES string of the molecule is O=C1C=C(c2cccc(Br)c2)C(=O)c2ccccc21. The molecule has 92 valence electrons. The molecule has 0 radical (unpaired) electrons. The van der Waals surface area contributed by atoms with E-state index in [0.29, 0.717) is 16.7 Å². The van der Waals surface area contributed by atoms with Gasteiger partial charge in [-0.15, -0.1) is 0 Å². The Hall–Kier alpha value is -2.00. The molecule has 1 aliphatic rings. The van der Waals surface area contributed by atoms with Crippen LogP contribution in [0.25, 0.3) is 5.57 Å². The first-order valence-corrected chi connectivity index (χ1v) is 6.62. The van der Waals surface area contributed by atoms with Gasteiger partial charge in [0.15, 0.2) is 11.6 Å². The van der Waals surface area contributed by atoms with Crippen LogP contribution in [0.5, 0.6) is 0 Å². The zero-order valence-corrected chi connectivity index (χ0v) is 11.5. The second-order valence-corrected chi connectivity index (χ2v) is 5.22. The average molecular weight is 313 g/mol. The first kappa shape index (κ1) is 12.1. The van der Waals surface area contributed by atoms with Gasteiger partial charge in [0.25, 0.3) is 0 Å². The standard InChI is InChI=1S/C16H9BrO2/c17-11-5-3-4-10(8-11)14-9-15(18)12-6-1-2-7-13(12)16(14)19/h1-9H. The largest absolute Gasteiger partial charge is 0.289 e. The molecule has 0 spiro atoms. The van der Waals surface area contributed by atoms with Gasteiger partial charge in [0.05, 0.1) is 0 Å². The van der Waals surface area contributed by atoms with E-state index in [1.54, 1.807) is 24.3 Å². The molecule has 19 heavy (non-hydrogen) atoms. The maximum absolute atomic E-state index is 12.4. The van der Waals surface area contributed by atoms with E-state index in [0.717, 1.165) is 10.0 Å². The lowest BCUT2D eigenvalue weighted by Gasteiger charge is -2.15. The summed E-state index contributed by atoms with van der Waals surface area (Å²) >= 11 is 3.37. The van der Waals surface area contributed by atoms with E-state index in [1.165, 1.54) is 6.08 Å². The lowest BCUT2D eigenvalue weighted by atomic mass is 9.86. The predicted molar refractivity (Wildman–Crippen MR) is 77.2 cm³/mol. The van der Waals surface area contributed by atoms with Crippen molar-refractivity contribution < 1.29 is 9.59 Å². The zero-order chi connectivity index (χ0) is 13.4. The number of hydrogen-bond acceptors (Lipinski definition) is 2. The highest BCUT2D eigenvalue weighted by Gasteiger charge is 2.25. The van der Waals surface area contributed by atoms with Crippen LogP contribution < -0.4 is 0 Å². The van der Waals surface area contributed by atoms with Gasteiger partial charge >= 0.3 is 0 Å². The summed E-state index contributed by atoms with van der Waals surface area (Å²) in [6.45, 7) is 0. The summed E-state index contributed by atoms with van der Waals surface area (Å²) in [7, 11) is 0. The molecule has 0 saturated carbocycles. The van der Waals surface area contributed by atoms with Crippen molar-refractivity contribution >= 4 is 33.1 Å². The van der Waals surface area contributed by atoms with E-state index in [9.17, 15) is 9.59 Å². The van der Waals surface area contributed by atoms with Crippen LogP contribution in [0.15, 0.2) is 59.1 Å². The van der Waals surface area contributed by atoms with Crippen molar-refractivity contribution in [2.45, 2.75) is 0 Å². The smallest absolute Gasteiger partial charge is 0.194 e. The molecule has 0 amide bonds. The Labute approximate surface area is 118 Å². The second kappa shape index (κ2) is 4.59. The highest BCUT2D eigenvalue weighted by atomic mass is 79.9. The molecule has 3 rings (SSSR count). The number of rotatable bonds is 1. The van der Waals surface area contributed by atoms with Crippen molar-refractivity contribution in [3.05, 3.63) is 75.8 Å². The Morgan fingerprint density at radius 1 is 0.842 bits per heavy atom. The van der Waals surface area contributed by atoms with Gasteiger partial charge in [0.2, 0.25) is 0 Å². The minimum absolute atomic E-state index is 0.103. The van der Waals surface area contributed by atoms with Gasteiger partial charge in [-0.3, -0.25) is 9.59 Å². The third-order valence-electron chi connectivity index (χ3n) is 3.09. The van der Waals surface area contributed by atoms with Crippen LogP contribution in [-0.4, -0.2) is 11.6 Å². The summed E-state index contributed by atoms with van der Waals surface area (Å²) in [5, 5.41) is 0. The molecule has 2 aromatic rings. The predicted octanol–water partition coefficient (Wildman–Crippen LogP) is 3.91. The number of carbonyl (C=O) groups excluding carboxylic acids is 2. The van der Waals surface area contributed by atoms with Crippen molar-refractivity contribution in [3.8, 4) is 0 Å². The van der Waals surface area contributed by atoms with Crippen LogP contribution in [0.4, 0.5) is 0 Å². The number of fused-ring (bicyclic) bond motifs is 1. The molecule has 0 saturated heterocycles. The highest BCUT2D eigenvalue weighted by molar-refractivity contribution is 9.10. The molecule has 0 atom stereocenters. The molecule has 1 aliphatic carbocycles. The molecule has 0 unspecified atom stereocenters. The van der Waals surface area contributed by atoms with Gasteiger partial charge in [0.1, 0.15) is 0 Å². The first-order chi connectivity index (χ1) is 9.16. The minimum atomic E-state index is -0.120. The molecule has 0 fully saturated rings. The third kappa shape index (κ3) is 2.06. The van der Waals surface area contributed by atoms with Gasteiger partial charge < -0.3 is 0 Å². The average Bonchev–Trinajstić information content (AvgIpc) is 2.43. The Morgan fingerprint density at radius 2 is 1.58 bits per heavy atom. The third-order valence-corrected chi connectivity index (χ3v) is 3.59. The summed E-state index contributed by atoms with van der Waals surface area (Å²) in [5.41, 5.74) is 2.16. The molecular formula is C16H9BrO2. The molecule has 0 N–H and O–H groups in total.